The highest BCUT2D eigenvalue weighted by Gasteiger charge is 2.46. The predicted molar refractivity (Wildman–Crippen MR) is 362 cm³/mol. The second-order valence-corrected chi connectivity index (χ2v) is 27.7. The number of nitrogens with one attached hydrogen (secondary N) is 6. The van der Waals surface area contributed by atoms with Crippen LogP contribution in [0.5, 0.6) is 0 Å². The molecule has 26 nitrogen and oxygen atoms in total. The molecule has 8 heterocycles. The SMILES string of the molecule is CNC(C)(C)C.CNC(C)(C)C.COC(C)(C)C.COC(C)(C)C.O=C1CCC(N2C(=O)c3ccccc3C2=O)C(=O)N1.O=C1CCC(N2C(=O)c3ccccc3C2=O)C(=O)N1.O=C1CCC(N2Cc3ccccc3C2=O)C(=O)N1.O=C1CCC(N2Cc3ccccc3C2=O)C(=O)N1. The lowest BCUT2D eigenvalue weighted by Gasteiger charge is -2.29. The van der Waals surface area contributed by atoms with Crippen LogP contribution in [-0.2, 0) is 60.9 Å². The number of hydrogen-bond acceptors (Lipinski definition) is 18. The molecule has 4 aromatic rings. The van der Waals surface area contributed by atoms with E-state index >= 15 is 0 Å². The molecule has 0 saturated carbocycles. The Balaban J connectivity index is 0.000000212. The first kappa shape index (κ1) is 79.2. The van der Waals surface area contributed by atoms with Gasteiger partial charge in [-0.3, -0.25) is 98.2 Å². The summed E-state index contributed by atoms with van der Waals surface area (Å²) in [5.41, 5.74) is 5.06. The molecule has 8 aliphatic rings. The average molecular weight is 1360 g/mol. The molecule has 8 aliphatic heterocycles. The molecule has 0 spiro atoms. The molecule has 14 amide bonds. The van der Waals surface area contributed by atoms with Gasteiger partial charge in [0.15, 0.2) is 0 Å². The van der Waals surface area contributed by atoms with E-state index in [1.54, 1.807) is 84.7 Å². The van der Waals surface area contributed by atoms with Gasteiger partial charge in [0, 0.05) is 75.2 Å². The number of imide groups is 6. The number of rotatable bonds is 4. The van der Waals surface area contributed by atoms with Crippen LogP contribution in [0.4, 0.5) is 0 Å². The Bertz CT molecular complexity index is 3350. The van der Waals surface area contributed by atoms with Crippen molar-refractivity contribution in [1.82, 2.24) is 51.5 Å². The van der Waals surface area contributed by atoms with E-state index in [1.807, 2.05) is 92.0 Å². The maximum Gasteiger partial charge on any atom is 0.262 e. The van der Waals surface area contributed by atoms with Gasteiger partial charge >= 0.3 is 0 Å². The van der Waals surface area contributed by atoms with Crippen molar-refractivity contribution in [2.75, 3.05) is 28.3 Å². The Morgan fingerprint density at radius 1 is 0.337 bits per heavy atom. The maximum atomic E-state index is 12.2. The zero-order valence-corrected chi connectivity index (χ0v) is 58.9. The fourth-order valence-corrected chi connectivity index (χ4v) is 9.86. The summed E-state index contributed by atoms with van der Waals surface area (Å²) in [6.45, 7) is 25.8. The van der Waals surface area contributed by atoms with E-state index in [9.17, 15) is 67.1 Å². The molecular weight excluding hydrogens is 1260 g/mol. The van der Waals surface area contributed by atoms with Crippen LogP contribution in [-0.4, -0.2) is 177 Å². The molecule has 0 aliphatic carbocycles. The summed E-state index contributed by atoms with van der Waals surface area (Å²) >= 11 is 0. The van der Waals surface area contributed by atoms with Gasteiger partial charge < -0.3 is 29.9 Å². The lowest BCUT2D eigenvalue weighted by molar-refractivity contribution is -0.138. The lowest BCUT2D eigenvalue weighted by Crippen LogP contribution is -2.54. The molecule has 98 heavy (non-hydrogen) atoms. The van der Waals surface area contributed by atoms with E-state index < -0.39 is 59.6 Å². The highest BCUT2D eigenvalue weighted by Crippen LogP contribution is 2.31. The standard InChI is InChI=1S/2C13H10N2O4.2C13H12N2O3.2C5H13N.2C5H12O/c2*16-10-6-5-9(11(17)14-10)15-12(18)7-3-1-2-4-8(7)13(15)19;2*16-11-6-5-10(12(17)14-11)15-7-8-3-1-2-4-9(8)13(15)18;4*1-5(2,3)6-4/h2*1-4,9H,5-6H2,(H,14,16,17);2*1-4,10H,5-7H2,(H,14,16,17);2*6H,1-4H3;2*1-4H3. The number of benzene rings is 4. The second-order valence-electron chi connectivity index (χ2n) is 27.7. The van der Waals surface area contributed by atoms with Crippen molar-refractivity contribution in [2.45, 2.75) is 194 Å². The first-order valence-corrected chi connectivity index (χ1v) is 32.3. The Morgan fingerprint density at radius 2 is 0.541 bits per heavy atom. The van der Waals surface area contributed by atoms with Crippen LogP contribution in [0, 0.1) is 0 Å². The van der Waals surface area contributed by atoms with Crippen LogP contribution in [0.3, 0.4) is 0 Å². The maximum absolute atomic E-state index is 12.2. The number of fused-ring (bicyclic) bond motifs is 4. The first-order valence-electron chi connectivity index (χ1n) is 32.3. The summed E-state index contributed by atoms with van der Waals surface area (Å²) in [6, 6.07) is 24.7. The van der Waals surface area contributed by atoms with Crippen LogP contribution in [0.15, 0.2) is 97.1 Å². The Hall–Kier alpha value is -9.50. The third-order valence-corrected chi connectivity index (χ3v) is 16.3. The molecule has 4 fully saturated rings. The topological polar surface area (TPSA) is 343 Å². The number of carbonyl (C=O) groups excluding carboxylic acids is 14. The minimum atomic E-state index is -0.898. The summed E-state index contributed by atoms with van der Waals surface area (Å²) in [5, 5.41) is 15.1. The minimum absolute atomic E-state index is 0.0417. The zero-order chi connectivity index (χ0) is 73.4. The van der Waals surface area contributed by atoms with Crippen LogP contribution in [0.2, 0.25) is 0 Å². The molecule has 0 radical (unpaired) electrons. The Labute approximate surface area is 572 Å². The number of amides is 14. The molecule has 4 atom stereocenters. The summed E-state index contributed by atoms with van der Waals surface area (Å²) in [7, 11) is 7.33. The van der Waals surface area contributed by atoms with Crippen LogP contribution in [0.1, 0.15) is 208 Å². The first-order chi connectivity index (χ1) is 45.8. The normalized spacial score (nSPS) is 20.1. The second kappa shape index (κ2) is 34.1. The molecule has 12 rings (SSSR count). The summed E-state index contributed by atoms with van der Waals surface area (Å²) in [4.78, 5) is 169. The van der Waals surface area contributed by atoms with Gasteiger partial charge in [0.2, 0.25) is 47.3 Å². The molecule has 528 valence electrons. The third-order valence-electron chi connectivity index (χ3n) is 16.3. The molecule has 4 saturated heterocycles. The zero-order valence-electron chi connectivity index (χ0n) is 58.9. The Morgan fingerprint density at radius 3 is 0.735 bits per heavy atom. The van der Waals surface area contributed by atoms with Crippen LogP contribution < -0.4 is 31.9 Å². The molecule has 0 bridgehead atoms. The van der Waals surface area contributed by atoms with Gasteiger partial charge in [0.1, 0.15) is 24.2 Å². The third kappa shape index (κ3) is 21.8. The van der Waals surface area contributed by atoms with Gasteiger partial charge in [0.25, 0.3) is 35.4 Å². The fourth-order valence-electron chi connectivity index (χ4n) is 9.86. The summed E-state index contributed by atoms with van der Waals surface area (Å²) in [5.74, 6) is -5.36. The van der Waals surface area contributed by atoms with Gasteiger partial charge in [-0.25, -0.2) is 0 Å². The molecule has 0 aromatic heterocycles. The highest BCUT2D eigenvalue weighted by molar-refractivity contribution is 6.24. The van der Waals surface area contributed by atoms with Crippen molar-refractivity contribution in [3.63, 3.8) is 0 Å². The van der Waals surface area contributed by atoms with E-state index in [0.717, 1.165) is 20.9 Å². The van der Waals surface area contributed by atoms with Crippen molar-refractivity contribution < 1.29 is 76.6 Å². The van der Waals surface area contributed by atoms with Gasteiger partial charge in [-0.1, -0.05) is 60.7 Å². The van der Waals surface area contributed by atoms with E-state index in [2.05, 4.69) is 73.4 Å². The highest BCUT2D eigenvalue weighted by atomic mass is 16.5. The van der Waals surface area contributed by atoms with E-state index in [4.69, 9.17) is 9.47 Å². The van der Waals surface area contributed by atoms with Crippen molar-refractivity contribution >= 4 is 82.7 Å². The number of ether oxygens (including phenoxy) is 2. The van der Waals surface area contributed by atoms with E-state index in [1.165, 1.54) is 0 Å². The largest absolute Gasteiger partial charge is 0.379 e. The van der Waals surface area contributed by atoms with Crippen LogP contribution >= 0.6 is 0 Å². The van der Waals surface area contributed by atoms with Crippen LogP contribution in [0.25, 0.3) is 0 Å². The van der Waals surface area contributed by atoms with Crippen molar-refractivity contribution in [1.29, 1.82) is 0 Å². The number of methoxy groups -OCH3 is 2. The summed E-state index contributed by atoms with van der Waals surface area (Å²) in [6.07, 6.45) is 2.00. The quantitative estimate of drug-likeness (QED) is 0.129. The van der Waals surface area contributed by atoms with Gasteiger partial charge in [-0.2, -0.15) is 0 Å². The molecule has 6 N–H and O–H groups in total. The number of nitrogens with zero attached hydrogens (tertiary/aromatic N) is 4. The molecule has 26 heteroatoms. The monoisotopic (exact) mass is 1350 g/mol. The van der Waals surface area contributed by atoms with Crippen molar-refractivity contribution in [2.24, 2.45) is 0 Å². The van der Waals surface area contributed by atoms with Crippen molar-refractivity contribution in [3.8, 4) is 0 Å². The summed E-state index contributed by atoms with van der Waals surface area (Å²) < 4.78 is 9.88. The van der Waals surface area contributed by atoms with Gasteiger partial charge in [-0.05, 0) is 170 Å². The van der Waals surface area contributed by atoms with E-state index in [-0.39, 0.29) is 97.0 Å². The molecule has 4 aromatic carbocycles. The van der Waals surface area contributed by atoms with E-state index in [0.29, 0.717) is 70.4 Å². The van der Waals surface area contributed by atoms with Crippen molar-refractivity contribution in [3.05, 3.63) is 142 Å². The number of hydrogen-bond donors (Lipinski definition) is 6. The Kier molecular flexibility index (Phi) is 27.6. The van der Waals surface area contributed by atoms with Gasteiger partial charge in [-0.15, -0.1) is 0 Å². The fraction of sp³-hybridized carbons (Fsp3) is 0.472. The number of carbonyl (C=O) groups is 14. The molecule has 4 unspecified atom stereocenters. The number of piperidine rings is 4. The lowest BCUT2D eigenvalue weighted by atomic mass is 10.0. The average Bonchev–Trinajstić information content (AvgIpc) is 1.65. The minimum Gasteiger partial charge on any atom is -0.379 e. The van der Waals surface area contributed by atoms with Gasteiger partial charge in [0.05, 0.1) is 33.5 Å². The predicted octanol–water partition coefficient (Wildman–Crippen LogP) is 5.94. The molecular formula is C72H94N10O16. The smallest absolute Gasteiger partial charge is 0.262 e.